The minimum atomic E-state index is -0.742. The van der Waals surface area contributed by atoms with Gasteiger partial charge in [0.05, 0.1) is 0 Å². The molecule has 0 aromatic carbocycles. The third kappa shape index (κ3) is 2.34. The van der Waals surface area contributed by atoms with Gasteiger partial charge >= 0.3 is 5.97 Å². The molecule has 5 nitrogen and oxygen atoms in total. The first-order valence-electron chi connectivity index (χ1n) is 5.40. The van der Waals surface area contributed by atoms with Crippen LogP contribution in [-0.2, 0) is 24.2 Å². The number of aliphatic carboxylic acids is 1. The van der Waals surface area contributed by atoms with Crippen molar-refractivity contribution in [3.8, 4) is 0 Å². The van der Waals surface area contributed by atoms with E-state index in [1.807, 2.05) is 0 Å². The second-order valence-electron chi connectivity index (χ2n) is 3.89. The molecule has 5 heteroatoms. The van der Waals surface area contributed by atoms with Crippen LogP contribution in [0.3, 0.4) is 0 Å². The van der Waals surface area contributed by atoms with Gasteiger partial charge in [0.2, 0.25) is 0 Å². The molecule has 0 bridgehead atoms. The molecule has 2 rings (SSSR count). The van der Waals surface area contributed by atoms with Crippen LogP contribution in [0.5, 0.6) is 0 Å². The summed E-state index contributed by atoms with van der Waals surface area (Å²) >= 11 is 0. The molecule has 0 spiro atoms. The van der Waals surface area contributed by atoms with Gasteiger partial charge < -0.3 is 9.67 Å². The van der Waals surface area contributed by atoms with Crippen LogP contribution in [0.4, 0.5) is 0 Å². The van der Waals surface area contributed by atoms with Crippen molar-refractivity contribution in [3.05, 3.63) is 11.6 Å². The molecule has 1 aliphatic heterocycles. The Morgan fingerprint density at radius 3 is 3.07 bits per heavy atom. The topological polar surface area (TPSA) is 68.0 Å². The molecule has 0 fully saturated rings. The number of hydrogen-bond donors (Lipinski definition) is 1. The number of aryl methyl sites for hydroxylation is 2. The van der Waals surface area contributed by atoms with Crippen molar-refractivity contribution in [2.24, 2.45) is 0 Å². The summed E-state index contributed by atoms with van der Waals surface area (Å²) in [7, 11) is 0. The number of hydrogen-bond acceptors (Lipinski definition) is 3. The van der Waals surface area contributed by atoms with E-state index in [0.29, 0.717) is 6.42 Å². The summed E-state index contributed by atoms with van der Waals surface area (Å²) in [4.78, 5) is 10.4. The summed E-state index contributed by atoms with van der Waals surface area (Å²) in [6, 6.07) is 0. The first kappa shape index (κ1) is 10.1. The van der Waals surface area contributed by atoms with Gasteiger partial charge in [-0.1, -0.05) is 0 Å². The van der Waals surface area contributed by atoms with Crippen LogP contribution in [-0.4, -0.2) is 25.8 Å². The van der Waals surface area contributed by atoms with Gasteiger partial charge in [-0.2, -0.15) is 0 Å². The number of carbonyl (C=O) groups is 1. The highest BCUT2D eigenvalue weighted by Gasteiger charge is 2.15. The molecule has 0 saturated heterocycles. The summed E-state index contributed by atoms with van der Waals surface area (Å²) in [5.41, 5.74) is 0. The van der Waals surface area contributed by atoms with Gasteiger partial charge in [0.25, 0.3) is 0 Å². The number of nitrogens with zero attached hydrogens (tertiary/aromatic N) is 3. The zero-order chi connectivity index (χ0) is 10.7. The van der Waals surface area contributed by atoms with Gasteiger partial charge in [-0.3, -0.25) is 4.79 Å². The van der Waals surface area contributed by atoms with Crippen LogP contribution >= 0.6 is 0 Å². The maximum atomic E-state index is 10.4. The second-order valence-corrected chi connectivity index (χ2v) is 3.89. The predicted molar refractivity (Wildman–Crippen MR) is 53.5 cm³/mol. The monoisotopic (exact) mass is 209 g/mol. The average Bonchev–Trinajstić information content (AvgIpc) is 2.62. The predicted octanol–water partition coefficient (Wildman–Crippen LogP) is 1.02. The molecule has 82 valence electrons. The Morgan fingerprint density at radius 2 is 2.27 bits per heavy atom. The molecule has 0 aliphatic carbocycles. The third-order valence-corrected chi connectivity index (χ3v) is 2.73. The molecule has 0 saturated carbocycles. The Morgan fingerprint density at radius 1 is 1.40 bits per heavy atom. The lowest BCUT2D eigenvalue weighted by molar-refractivity contribution is -0.137. The molecular weight excluding hydrogens is 194 g/mol. The van der Waals surface area contributed by atoms with E-state index < -0.39 is 5.97 Å². The fraction of sp³-hybridized carbons (Fsp3) is 0.700. The Hall–Kier alpha value is -1.39. The van der Waals surface area contributed by atoms with Crippen LogP contribution in [0.25, 0.3) is 0 Å². The SMILES string of the molecule is O=C(O)CCCc1nnc2n1CCCC2. The smallest absolute Gasteiger partial charge is 0.303 e. The molecule has 0 amide bonds. The minimum absolute atomic E-state index is 0.211. The van der Waals surface area contributed by atoms with Crippen LogP contribution < -0.4 is 0 Å². The molecule has 1 aromatic heterocycles. The molecule has 1 N–H and O–H groups in total. The van der Waals surface area contributed by atoms with E-state index in [2.05, 4.69) is 14.8 Å². The zero-order valence-electron chi connectivity index (χ0n) is 8.65. The van der Waals surface area contributed by atoms with Crippen molar-refractivity contribution in [2.45, 2.75) is 45.1 Å². The molecule has 0 atom stereocenters. The van der Waals surface area contributed by atoms with E-state index in [1.165, 1.54) is 12.8 Å². The van der Waals surface area contributed by atoms with Gasteiger partial charge in [-0.15, -0.1) is 10.2 Å². The summed E-state index contributed by atoms with van der Waals surface area (Å²) in [5.74, 6) is 1.27. The van der Waals surface area contributed by atoms with E-state index >= 15 is 0 Å². The van der Waals surface area contributed by atoms with Gasteiger partial charge in [0.15, 0.2) is 0 Å². The minimum Gasteiger partial charge on any atom is -0.481 e. The quantitative estimate of drug-likeness (QED) is 0.804. The zero-order valence-corrected chi connectivity index (χ0v) is 8.65. The number of rotatable bonds is 4. The van der Waals surface area contributed by atoms with Crippen molar-refractivity contribution in [1.82, 2.24) is 14.8 Å². The standard InChI is InChI=1S/C10H15N3O2/c14-10(15)6-3-5-9-12-11-8-4-1-2-7-13(8)9/h1-7H2,(H,14,15). The summed E-state index contributed by atoms with van der Waals surface area (Å²) in [6.45, 7) is 0.991. The molecule has 2 heterocycles. The largest absolute Gasteiger partial charge is 0.481 e. The molecular formula is C10H15N3O2. The maximum absolute atomic E-state index is 10.4. The third-order valence-electron chi connectivity index (χ3n) is 2.73. The van der Waals surface area contributed by atoms with Gasteiger partial charge in [0, 0.05) is 25.8 Å². The normalized spacial score (nSPS) is 14.9. The van der Waals surface area contributed by atoms with E-state index in [9.17, 15) is 4.79 Å². The molecule has 0 radical (unpaired) electrons. The number of fused-ring (bicyclic) bond motifs is 1. The average molecular weight is 209 g/mol. The Kier molecular flexibility index (Phi) is 2.99. The van der Waals surface area contributed by atoms with E-state index in [4.69, 9.17) is 5.11 Å². The first-order valence-corrected chi connectivity index (χ1v) is 5.40. The van der Waals surface area contributed by atoms with Crippen LogP contribution in [0.15, 0.2) is 0 Å². The lowest BCUT2D eigenvalue weighted by Crippen LogP contribution is -2.13. The molecule has 15 heavy (non-hydrogen) atoms. The summed E-state index contributed by atoms with van der Waals surface area (Å²) in [6.07, 6.45) is 4.95. The Bertz CT molecular complexity index is 360. The fourth-order valence-electron chi connectivity index (χ4n) is 1.95. The molecule has 1 aliphatic rings. The van der Waals surface area contributed by atoms with Gasteiger partial charge in [-0.25, -0.2) is 0 Å². The Balaban J connectivity index is 1.96. The molecule has 0 unspecified atom stereocenters. The van der Waals surface area contributed by atoms with Crippen LogP contribution in [0, 0.1) is 0 Å². The van der Waals surface area contributed by atoms with Gasteiger partial charge in [-0.05, 0) is 19.3 Å². The van der Waals surface area contributed by atoms with Crippen molar-refractivity contribution in [3.63, 3.8) is 0 Å². The number of carboxylic acid groups (broad SMARTS) is 1. The highest BCUT2D eigenvalue weighted by molar-refractivity contribution is 5.66. The maximum Gasteiger partial charge on any atom is 0.303 e. The van der Waals surface area contributed by atoms with Crippen molar-refractivity contribution in [1.29, 1.82) is 0 Å². The molecule has 1 aromatic rings. The van der Waals surface area contributed by atoms with Crippen LogP contribution in [0.1, 0.15) is 37.3 Å². The van der Waals surface area contributed by atoms with Crippen molar-refractivity contribution in [2.75, 3.05) is 0 Å². The van der Waals surface area contributed by atoms with Crippen molar-refractivity contribution >= 4 is 5.97 Å². The second kappa shape index (κ2) is 4.42. The lowest BCUT2D eigenvalue weighted by Gasteiger charge is -2.14. The van der Waals surface area contributed by atoms with Crippen LogP contribution in [0.2, 0.25) is 0 Å². The Labute approximate surface area is 88.1 Å². The van der Waals surface area contributed by atoms with E-state index in [1.54, 1.807) is 0 Å². The lowest BCUT2D eigenvalue weighted by atomic mass is 10.1. The summed E-state index contributed by atoms with van der Waals surface area (Å²) in [5, 5.41) is 16.8. The highest BCUT2D eigenvalue weighted by atomic mass is 16.4. The van der Waals surface area contributed by atoms with E-state index in [-0.39, 0.29) is 6.42 Å². The highest BCUT2D eigenvalue weighted by Crippen LogP contribution is 2.15. The number of carboxylic acids is 1. The number of aromatic nitrogens is 3. The first-order chi connectivity index (χ1) is 7.27. The van der Waals surface area contributed by atoms with Gasteiger partial charge in [0.1, 0.15) is 11.6 Å². The summed E-state index contributed by atoms with van der Waals surface area (Å²) < 4.78 is 2.14. The van der Waals surface area contributed by atoms with Crippen molar-refractivity contribution < 1.29 is 9.90 Å². The fourth-order valence-corrected chi connectivity index (χ4v) is 1.95. The van der Waals surface area contributed by atoms with E-state index in [0.717, 1.165) is 31.0 Å².